The molecule has 3 N–H and O–H groups in total. The average Bonchev–Trinajstić information content (AvgIpc) is 3.26. The minimum absolute atomic E-state index is 0.0989. The first-order valence-corrected chi connectivity index (χ1v) is 10.1. The van der Waals surface area contributed by atoms with Crippen molar-refractivity contribution in [1.29, 1.82) is 0 Å². The lowest BCUT2D eigenvalue weighted by Crippen LogP contribution is -2.27. The van der Waals surface area contributed by atoms with Gasteiger partial charge in [-0.15, -0.1) is 0 Å². The highest BCUT2D eigenvalue weighted by Crippen LogP contribution is 2.63. The Bertz CT molecular complexity index is 833. The Hall–Kier alpha value is -0.920. The third-order valence-corrected chi connectivity index (χ3v) is 7.88. The van der Waals surface area contributed by atoms with Crippen LogP contribution in [0.1, 0.15) is 11.5 Å². The topological polar surface area (TPSA) is 80.4 Å². The van der Waals surface area contributed by atoms with Gasteiger partial charge >= 0.3 is 0 Å². The number of hydrogen-bond donors (Lipinski definition) is 2. The third-order valence-electron chi connectivity index (χ3n) is 4.76. The summed E-state index contributed by atoms with van der Waals surface area (Å²) in [6.45, 7) is -0.177. The Balaban J connectivity index is 2.04. The molecule has 0 aromatic heterocycles. The molecule has 3 rings (SSSR count). The van der Waals surface area contributed by atoms with Gasteiger partial charge in [0.1, 0.15) is 0 Å². The largest absolute Gasteiger partial charge is 0.396 e. The molecule has 0 bridgehead atoms. The molecule has 7 heteroatoms. The van der Waals surface area contributed by atoms with Crippen molar-refractivity contribution in [2.24, 2.45) is 11.1 Å². The average molecular weight is 431 g/mol. The van der Waals surface area contributed by atoms with Gasteiger partial charge in [-0.2, -0.15) is 0 Å². The zero-order valence-electron chi connectivity index (χ0n) is 12.7. The van der Waals surface area contributed by atoms with Gasteiger partial charge in [-0.25, -0.2) is 8.42 Å². The van der Waals surface area contributed by atoms with Crippen molar-refractivity contribution in [2.45, 2.75) is 16.1 Å². The monoisotopic (exact) mass is 429 g/mol. The zero-order valence-corrected chi connectivity index (χ0v) is 15.9. The first-order chi connectivity index (χ1) is 11.4. The minimum Gasteiger partial charge on any atom is -0.396 e. The van der Waals surface area contributed by atoms with E-state index in [1.54, 1.807) is 12.1 Å². The number of sulfone groups is 1. The first kappa shape index (κ1) is 17.9. The number of rotatable bonds is 5. The quantitative estimate of drug-likeness (QED) is 0.764. The summed E-state index contributed by atoms with van der Waals surface area (Å²) in [6.07, 6.45) is 0. The van der Waals surface area contributed by atoms with Crippen LogP contribution in [-0.2, 0) is 9.84 Å². The van der Waals surface area contributed by atoms with Crippen molar-refractivity contribution in [3.63, 3.8) is 0 Å². The lowest BCUT2D eigenvalue weighted by atomic mass is 10.0. The van der Waals surface area contributed by atoms with E-state index in [2.05, 4.69) is 15.9 Å². The predicted octanol–water partition coefficient (Wildman–Crippen LogP) is 2.98. The number of hydrogen-bond acceptors (Lipinski definition) is 4. The van der Waals surface area contributed by atoms with E-state index in [4.69, 9.17) is 17.3 Å². The van der Waals surface area contributed by atoms with E-state index >= 15 is 0 Å². The van der Waals surface area contributed by atoms with Crippen molar-refractivity contribution in [2.75, 3.05) is 13.2 Å². The first-order valence-electron chi connectivity index (χ1n) is 7.42. The molecular weight excluding hydrogens is 414 g/mol. The molecule has 1 fully saturated rings. The number of aliphatic hydroxyl groups excluding tert-OH is 1. The summed E-state index contributed by atoms with van der Waals surface area (Å²) in [5, 5.41) is 9.62. The molecule has 0 saturated heterocycles. The van der Waals surface area contributed by atoms with E-state index in [1.165, 1.54) is 12.1 Å². The van der Waals surface area contributed by atoms with Crippen LogP contribution in [0, 0.1) is 5.41 Å². The van der Waals surface area contributed by atoms with E-state index in [0.717, 1.165) is 10.0 Å². The molecule has 0 spiro atoms. The van der Waals surface area contributed by atoms with E-state index in [-0.39, 0.29) is 24.0 Å². The Morgan fingerprint density at radius 3 is 2.21 bits per heavy atom. The Labute approximate surface area is 154 Å². The molecule has 2 aromatic rings. The molecule has 128 valence electrons. The second-order valence-corrected chi connectivity index (χ2v) is 9.47. The highest BCUT2D eigenvalue weighted by molar-refractivity contribution is 9.10. The third kappa shape index (κ3) is 2.80. The molecular formula is C17H17BrClNO3S. The summed E-state index contributed by atoms with van der Waals surface area (Å²) < 4.78 is 27.1. The Morgan fingerprint density at radius 1 is 1.12 bits per heavy atom. The smallest absolute Gasteiger partial charge is 0.182 e. The van der Waals surface area contributed by atoms with Gasteiger partial charge in [0.25, 0.3) is 0 Å². The summed E-state index contributed by atoms with van der Waals surface area (Å²) in [5.41, 5.74) is 5.88. The van der Waals surface area contributed by atoms with Gasteiger partial charge in [0.2, 0.25) is 0 Å². The van der Waals surface area contributed by atoms with Crippen LogP contribution in [0.25, 0.3) is 0 Å². The Kier molecular flexibility index (Phi) is 4.79. The maximum atomic E-state index is 13.1. The fraction of sp³-hybridized carbons (Fsp3) is 0.294. The van der Waals surface area contributed by atoms with E-state index in [0.29, 0.717) is 5.02 Å². The van der Waals surface area contributed by atoms with Crippen LogP contribution in [0.5, 0.6) is 0 Å². The number of nitrogens with two attached hydrogens (primary N) is 1. The lowest BCUT2D eigenvalue weighted by Gasteiger charge is -2.12. The second kappa shape index (κ2) is 6.42. The van der Waals surface area contributed by atoms with Crippen LogP contribution in [0.3, 0.4) is 0 Å². The molecule has 0 amide bonds. The van der Waals surface area contributed by atoms with Crippen molar-refractivity contribution < 1.29 is 13.5 Å². The van der Waals surface area contributed by atoms with Crippen LogP contribution in [0.15, 0.2) is 57.9 Å². The minimum atomic E-state index is -3.63. The zero-order chi connectivity index (χ0) is 17.5. The van der Waals surface area contributed by atoms with Crippen molar-refractivity contribution in [3.8, 4) is 0 Å². The van der Waals surface area contributed by atoms with E-state index in [9.17, 15) is 13.5 Å². The fourth-order valence-electron chi connectivity index (χ4n) is 3.39. The van der Waals surface area contributed by atoms with E-state index in [1.807, 2.05) is 24.3 Å². The van der Waals surface area contributed by atoms with Crippen LogP contribution >= 0.6 is 27.5 Å². The normalized spacial score (nSPS) is 26.3. The molecule has 24 heavy (non-hydrogen) atoms. The number of benzene rings is 2. The number of aliphatic hydroxyl groups is 1. The standard InChI is InChI=1S/C17H17BrClNO3S/c18-12-3-1-11(2-4-12)15-16(17(15,9-20)10-21)24(22,23)14-7-5-13(19)6-8-14/h1-8,15-16,21H,9-10,20H2/t15-,16+,17+/m1/s1. The lowest BCUT2D eigenvalue weighted by molar-refractivity contribution is 0.212. The van der Waals surface area contributed by atoms with Gasteiger partial charge in [-0.05, 0) is 42.0 Å². The Morgan fingerprint density at radius 2 is 1.71 bits per heavy atom. The van der Waals surface area contributed by atoms with Crippen molar-refractivity contribution in [1.82, 2.24) is 0 Å². The van der Waals surface area contributed by atoms with Crippen molar-refractivity contribution >= 4 is 37.4 Å². The van der Waals surface area contributed by atoms with Crippen LogP contribution in [0.2, 0.25) is 5.02 Å². The molecule has 4 nitrogen and oxygen atoms in total. The predicted molar refractivity (Wildman–Crippen MR) is 97.9 cm³/mol. The maximum absolute atomic E-state index is 13.1. The highest BCUT2D eigenvalue weighted by Gasteiger charge is 2.70. The molecule has 2 aromatic carbocycles. The molecule has 1 aliphatic carbocycles. The van der Waals surface area contributed by atoms with Crippen molar-refractivity contribution in [3.05, 3.63) is 63.6 Å². The van der Waals surface area contributed by atoms with Gasteiger partial charge < -0.3 is 10.8 Å². The second-order valence-electron chi connectivity index (χ2n) is 6.04. The van der Waals surface area contributed by atoms with Gasteiger partial charge in [0.15, 0.2) is 9.84 Å². The molecule has 1 saturated carbocycles. The van der Waals surface area contributed by atoms with Crippen LogP contribution in [-0.4, -0.2) is 31.9 Å². The molecule has 0 unspecified atom stereocenters. The maximum Gasteiger partial charge on any atom is 0.182 e. The summed E-state index contributed by atoms with van der Waals surface area (Å²) in [6, 6.07) is 13.5. The molecule has 0 aliphatic heterocycles. The molecule has 0 heterocycles. The van der Waals surface area contributed by atoms with Gasteiger partial charge in [0, 0.05) is 27.4 Å². The summed E-state index contributed by atoms with van der Waals surface area (Å²) in [5.74, 6) is -0.332. The van der Waals surface area contributed by atoms with Gasteiger partial charge in [-0.3, -0.25) is 0 Å². The van der Waals surface area contributed by atoms with Crippen LogP contribution < -0.4 is 5.73 Å². The molecule has 3 atom stereocenters. The fourth-order valence-corrected chi connectivity index (χ4v) is 6.23. The van der Waals surface area contributed by atoms with Crippen LogP contribution in [0.4, 0.5) is 0 Å². The highest BCUT2D eigenvalue weighted by atomic mass is 79.9. The summed E-state index contributed by atoms with van der Waals surface area (Å²) >= 11 is 9.22. The summed E-state index contributed by atoms with van der Waals surface area (Å²) in [4.78, 5) is 0.197. The van der Waals surface area contributed by atoms with Gasteiger partial charge in [-0.1, -0.05) is 39.7 Å². The van der Waals surface area contributed by atoms with E-state index < -0.39 is 20.5 Å². The number of halogens is 2. The SMILES string of the molecule is NC[C@]1(CO)[C@H](c2ccc(Br)cc2)[C@@H]1S(=O)(=O)c1ccc(Cl)cc1. The molecule has 1 aliphatic rings. The summed E-state index contributed by atoms with van der Waals surface area (Å²) in [7, 11) is -3.63. The van der Waals surface area contributed by atoms with Gasteiger partial charge in [0.05, 0.1) is 16.8 Å². The molecule has 0 radical (unpaired) electrons.